The van der Waals surface area contributed by atoms with Gasteiger partial charge >= 0.3 is 0 Å². The third-order valence-corrected chi connectivity index (χ3v) is 4.21. The molecule has 6 nitrogen and oxygen atoms in total. The Labute approximate surface area is 152 Å². The number of rotatable bonds is 5. The average Bonchev–Trinajstić information content (AvgIpc) is 2.95. The predicted molar refractivity (Wildman–Crippen MR) is 103 cm³/mol. The molecule has 0 unspecified atom stereocenters. The van der Waals surface area contributed by atoms with Crippen LogP contribution in [0.15, 0.2) is 47.6 Å². The van der Waals surface area contributed by atoms with Crippen LogP contribution in [-0.4, -0.2) is 28.5 Å². The molecule has 0 fully saturated rings. The SMILES string of the molecule is COc1ccc2cc(/C(C)=N/NC(=O)Cn3nc(C)cc3C)ccc2c1. The molecule has 0 bridgehead atoms. The summed E-state index contributed by atoms with van der Waals surface area (Å²) in [6.07, 6.45) is 0. The van der Waals surface area contributed by atoms with Gasteiger partial charge in [0.15, 0.2) is 0 Å². The molecule has 1 N–H and O–H groups in total. The van der Waals surface area contributed by atoms with Crippen molar-refractivity contribution < 1.29 is 9.53 Å². The van der Waals surface area contributed by atoms with Crippen LogP contribution in [0.1, 0.15) is 23.9 Å². The third-order valence-electron chi connectivity index (χ3n) is 4.21. The molecule has 26 heavy (non-hydrogen) atoms. The van der Waals surface area contributed by atoms with Gasteiger partial charge in [0.1, 0.15) is 12.3 Å². The summed E-state index contributed by atoms with van der Waals surface area (Å²) in [5.74, 6) is 0.619. The highest BCUT2D eigenvalue weighted by Gasteiger charge is 2.07. The third kappa shape index (κ3) is 3.91. The lowest BCUT2D eigenvalue weighted by molar-refractivity contribution is -0.121. The zero-order chi connectivity index (χ0) is 18.7. The van der Waals surface area contributed by atoms with Crippen molar-refractivity contribution in [1.29, 1.82) is 0 Å². The summed E-state index contributed by atoms with van der Waals surface area (Å²) in [6, 6.07) is 13.9. The summed E-state index contributed by atoms with van der Waals surface area (Å²) in [7, 11) is 1.65. The number of aryl methyl sites for hydroxylation is 2. The van der Waals surface area contributed by atoms with E-state index in [4.69, 9.17) is 4.74 Å². The molecule has 0 saturated heterocycles. The van der Waals surface area contributed by atoms with Crippen LogP contribution in [0.3, 0.4) is 0 Å². The quantitative estimate of drug-likeness (QED) is 0.567. The molecule has 1 heterocycles. The number of hydrogen-bond acceptors (Lipinski definition) is 4. The lowest BCUT2D eigenvalue weighted by Crippen LogP contribution is -2.25. The van der Waals surface area contributed by atoms with E-state index in [2.05, 4.69) is 15.6 Å². The van der Waals surface area contributed by atoms with E-state index in [1.165, 1.54) is 0 Å². The molecule has 0 aliphatic carbocycles. The number of benzene rings is 2. The standard InChI is InChI=1S/C20H22N4O2/c1-13-9-14(2)24(23-13)12-20(25)22-21-15(3)16-5-6-18-11-19(26-4)8-7-17(18)10-16/h5-11H,12H2,1-4H3,(H,22,25)/b21-15+. The minimum absolute atomic E-state index is 0.147. The van der Waals surface area contributed by atoms with Crippen molar-refractivity contribution in [2.24, 2.45) is 5.10 Å². The van der Waals surface area contributed by atoms with Crippen molar-refractivity contribution in [3.8, 4) is 5.75 Å². The molecule has 134 valence electrons. The fraction of sp³-hybridized carbons (Fsp3) is 0.250. The highest BCUT2D eigenvalue weighted by molar-refractivity contribution is 6.02. The molecule has 0 atom stereocenters. The Morgan fingerprint density at radius 3 is 2.58 bits per heavy atom. The second-order valence-electron chi connectivity index (χ2n) is 6.24. The molecule has 3 rings (SSSR count). The number of hydrazone groups is 1. The fourth-order valence-electron chi connectivity index (χ4n) is 2.79. The second kappa shape index (κ2) is 7.39. The molecular formula is C20H22N4O2. The number of hydrogen-bond donors (Lipinski definition) is 1. The van der Waals surface area contributed by atoms with E-state index in [0.717, 1.165) is 39.2 Å². The first-order valence-electron chi connectivity index (χ1n) is 8.38. The van der Waals surface area contributed by atoms with Crippen molar-refractivity contribution in [3.05, 3.63) is 59.4 Å². The van der Waals surface area contributed by atoms with E-state index in [1.54, 1.807) is 11.8 Å². The minimum Gasteiger partial charge on any atom is -0.497 e. The van der Waals surface area contributed by atoms with Crippen LogP contribution in [0.25, 0.3) is 10.8 Å². The number of amides is 1. The molecule has 2 aromatic carbocycles. The number of ether oxygens (including phenoxy) is 1. The maximum Gasteiger partial charge on any atom is 0.261 e. The van der Waals surface area contributed by atoms with Gasteiger partial charge in [-0.1, -0.05) is 18.2 Å². The topological polar surface area (TPSA) is 68.5 Å². The molecule has 1 amide bonds. The molecule has 0 radical (unpaired) electrons. The van der Waals surface area contributed by atoms with Gasteiger partial charge in [-0.3, -0.25) is 9.48 Å². The zero-order valence-electron chi connectivity index (χ0n) is 15.4. The first kappa shape index (κ1) is 17.7. The van der Waals surface area contributed by atoms with Crippen molar-refractivity contribution in [2.75, 3.05) is 7.11 Å². The highest BCUT2D eigenvalue weighted by atomic mass is 16.5. The van der Waals surface area contributed by atoms with Crippen molar-refractivity contribution in [3.63, 3.8) is 0 Å². The van der Waals surface area contributed by atoms with Gasteiger partial charge in [0.2, 0.25) is 0 Å². The molecule has 0 aliphatic heterocycles. The first-order valence-corrected chi connectivity index (χ1v) is 8.38. The molecule has 6 heteroatoms. The van der Waals surface area contributed by atoms with E-state index in [0.29, 0.717) is 0 Å². The van der Waals surface area contributed by atoms with Gasteiger partial charge in [-0.25, -0.2) is 5.43 Å². The smallest absolute Gasteiger partial charge is 0.261 e. The van der Waals surface area contributed by atoms with Crippen LogP contribution in [0.5, 0.6) is 5.75 Å². The van der Waals surface area contributed by atoms with Gasteiger partial charge in [-0.15, -0.1) is 0 Å². The summed E-state index contributed by atoms with van der Waals surface area (Å²) >= 11 is 0. The monoisotopic (exact) mass is 350 g/mol. The summed E-state index contributed by atoms with van der Waals surface area (Å²) in [4.78, 5) is 12.1. The van der Waals surface area contributed by atoms with E-state index in [9.17, 15) is 4.79 Å². The lowest BCUT2D eigenvalue weighted by atomic mass is 10.0. The summed E-state index contributed by atoms with van der Waals surface area (Å²) in [5, 5.41) is 10.7. The van der Waals surface area contributed by atoms with Crippen LogP contribution in [0, 0.1) is 13.8 Å². The van der Waals surface area contributed by atoms with Crippen molar-refractivity contribution >= 4 is 22.4 Å². The number of carbonyl (C=O) groups excluding carboxylic acids is 1. The Morgan fingerprint density at radius 1 is 1.15 bits per heavy atom. The maximum atomic E-state index is 12.1. The largest absolute Gasteiger partial charge is 0.497 e. The second-order valence-corrected chi connectivity index (χ2v) is 6.24. The Hall–Kier alpha value is -3.15. The number of aromatic nitrogens is 2. The highest BCUT2D eigenvalue weighted by Crippen LogP contribution is 2.22. The Morgan fingerprint density at radius 2 is 1.88 bits per heavy atom. The zero-order valence-corrected chi connectivity index (χ0v) is 15.4. The van der Waals surface area contributed by atoms with E-state index in [1.807, 2.05) is 63.2 Å². The van der Waals surface area contributed by atoms with Gasteiger partial charge in [-0.05, 0) is 61.4 Å². The molecule has 0 aliphatic rings. The lowest BCUT2D eigenvalue weighted by Gasteiger charge is -2.07. The number of nitrogens with zero attached hydrogens (tertiary/aromatic N) is 3. The van der Waals surface area contributed by atoms with Crippen LogP contribution in [0.4, 0.5) is 0 Å². The average molecular weight is 350 g/mol. The number of fused-ring (bicyclic) bond motifs is 1. The predicted octanol–water partition coefficient (Wildman–Crippen LogP) is 3.20. The summed E-state index contributed by atoms with van der Waals surface area (Å²) in [5.41, 5.74) is 6.13. The Balaban J connectivity index is 1.71. The van der Waals surface area contributed by atoms with Gasteiger partial charge in [-0.2, -0.15) is 10.2 Å². The Bertz CT molecular complexity index is 989. The van der Waals surface area contributed by atoms with Gasteiger partial charge in [0.25, 0.3) is 5.91 Å². The fourth-order valence-corrected chi connectivity index (χ4v) is 2.79. The number of nitrogens with one attached hydrogen (secondary N) is 1. The first-order chi connectivity index (χ1) is 12.5. The van der Waals surface area contributed by atoms with Crippen LogP contribution in [0.2, 0.25) is 0 Å². The van der Waals surface area contributed by atoms with E-state index < -0.39 is 0 Å². The number of carbonyl (C=O) groups is 1. The van der Waals surface area contributed by atoms with Crippen LogP contribution >= 0.6 is 0 Å². The summed E-state index contributed by atoms with van der Waals surface area (Å²) < 4.78 is 6.91. The van der Waals surface area contributed by atoms with E-state index in [-0.39, 0.29) is 12.5 Å². The van der Waals surface area contributed by atoms with E-state index >= 15 is 0 Å². The maximum absolute atomic E-state index is 12.1. The van der Waals surface area contributed by atoms with Crippen molar-refractivity contribution in [1.82, 2.24) is 15.2 Å². The normalized spacial score (nSPS) is 11.6. The van der Waals surface area contributed by atoms with Gasteiger partial charge < -0.3 is 4.74 Å². The molecule has 0 spiro atoms. The molecule has 3 aromatic rings. The Kier molecular flexibility index (Phi) is 5.02. The van der Waals surface area contributed by atoms with Gasteiger partial charge in [0.05, 0.1) is 18.5 Å². The molecular weight excluding hydrogens is 328 g/mol. The summed E-state index contributed by atoms with van der Waals surface area (Å²) in [6.45, 7) is 5.84. The minimum atomic E-state index is -0.207. The van der Waals surface area contributed by atoms with Crippen LogP contribution < -0.4 is 10.2 Å². The van der Waals surface area contributed by atoms with Crippen LogP contribution in [-0.2, 0) is 11.3 Å². The molecule has 1 aromatic heterocycles. The van der Waals surface area contributed by atoms with Crippen molar-refractivity contribution in [2.45, 2.75) is 27.3 Å². The molecule has 0 saturated carbocycles. The van der Waals surface area contributed by atoms with Gasteiger partial charge in [0, 0.05) is 5.69 Å². The number of methoxy groups -OCH3 is 1.